The first-order valence-electron chi connectivity index (χ1n) is 8.97. The van der Waals surface area contributed by atoms with Crippen LogP contribution in [0.3, 0.4) is 0 Å². The molecule has 1 heterocycles. The van der Waals surface area contributed by atoms with Crippen LogP contribution in [-0.4, -0.2) is 74.7 Å². The van der Waals surface area contributed by atoms with Gasteiger partial charge in [0, 0.05) is 37.8 Å². The van der Waals surface area contributed by atoms with Crippen LogP contribution in [0.5, 0.6) is 0 Å². The van der Waals surface area contributed by atoms with Crippen LogP contribution in [0.15, 0.2) is 23.1 Å². The summed E-state index contributed by atoms with van der Waals surface area (Å²) in [7, 11) is 0.299. The topological polar surface area (TPSA) is 60.9 Å². The average Bonchev–Trinajstić information content (AvgIpc) is 2.62. The lowest BCUT2D eigenvalue weighted by molar-refractivity contribution is 0.0635. The molecule has 1 atom stereocenters. The van der Waals surface area contributed by atoms with Crippen LogP contribution in [-0.2, 0) is 10.0 Å². The lowest BCUT2D eigenvalue weighted by Crippen LogP contribution is -2.47. The van der Waals surface area contributed by atoms with Gasteiger partial charge in [0.05, 0.1) is 5.02 Å². The Balaban J connectivity index is 2.33. The maximum atomic E-state index is 12.9. The molecule has 0 N–H and O–H groups in total. The first kappa shape index (κ1) is 21.2. The predicted molar refractivity (Wildman–Crippen MR) is 104 cm³/mol. The van der Waals surface area contributed by atoms with Gasteiger partial charge in [-0.1, -0.05) is 25.4 Å². The van der Waals surface area contributed by atoms with Crippen molar-refractivity contribution in [1.82, 2.24) is 14.1 Å². The number of amides is 1. The molecule has 0 saturated carbocycles. The number of benzene rings is 1. The highest BCUT2D eigenvalue weighted by Crippen LogP contribution is 2.27. The summed E-state index contributed by atoms with van der Waals surface area (Å²) in [5.41, 5.74) is 0.361. The third-order valence-electron chi connectivity index (χ3n) is 4.92. The molecule has 146 valence electrons. The number of sulfonamides is 1. The van der Waals surface area contributed by atoms with Gasteiger partial charge in [-0.3, -0.25) is 4.79 Å². The molecular formula is C18H28ClN3O3S. The molecule has 1 aliphatic heterocycles. The largest absolute Gasteiger partial charge is 0.337 e. The van der Waals surface area contributed by atoms with Gasteiger partial charge in [0.1, 0.15) is 4.90 Å². The van der Waals surface area contributed by atoms with Crippen molar-refractivity contribution < 1.29 is 13.2 Å². The Morgan fingerprint density at radius 1 is 1.27 bits per heavy atom. The lowest BCUT2D eigenvalue weighted by Gasteiger charge is -2.36. The number of rotatable bonds is 6. The van der Waals surface area contributed by atoms with Gasteiger partial charge in [0.2, 0.25) is 10.0 Å². The zero-order valence-electron chi connectivity index (χ0n) is 15.9. The zero-order valence-corrected chi connectivity index (χ0v) is 17.5. The van der Waals surface area contributed by atoms with Crippen LogP contribution < -0.4 is 0 Å². The number of nitrogens with zero attached hydrogens (tertiary/aromatic N) is 3. The van der Waals surface area contributed by atoms with E-state index in [9.17, 15) is 13.2 Å². The molecule has 0 aromatic heterocycles. The van der Waals surface area contributed by atoms with Crippen LogP contribution in [0.1, 0.15) is 37.0 Å². The number of halogens is 1. The average molecular weight is 402 g/mol. The highest BCUT2D eigenvalue weighted by molar-refractivity contribution is 7.89. The number of hydrogen-bond acceptors (Lipinski definition) is 4. The second-order valence-electron chi connectivity index (χ2n) is 6.75. The minimum Gasteiger partial charge on any atom is -0.337 e. The van der Waals surface area contributed by atoms with E-state index in [4.69, 9.17) is 11.6 Å². The molecule has 0 bridgehead atoms. The Labute approximate surface area is 161 Å². The van der Waals surface area contributed by atoms with Gasteiger partial charge in [-0.15, -0.1) is 0 Å². The summed E-state index contributed by atoms with van der Waals surface area (Å²) < 4.78 is 27.0. The van der Waals surface area contributed by atoms with Crippen LogP contribution in [0, 0.1) is 0 Å². The summed E-state index contributed by atoms with van der Waals surface area (Å²) in [6.07, 6.45) is 1.99. The number of likely N-dealkylation sites (tertiary alicyclic amines) is 1. The van der Waals surface area contributed by atoms with E-state index in [1.807, 2.05) is 14.1 Å². The Kier molecular flexibility index (Phi) is 7.07. The molecule has 26 heavy (non-hydrogen) atoms. The fraction of sp³-hybridized carbons (Fsp3) is 0.611. The van der Waals surface area contributed by atoms with Crippen LogP contribution >= 0.6 is 11.6 Å². The normalized spacial score (nSPS) is 18.6. The lowest BCUT2D eigenvalue weighted by atomic mass is 10.0. The number of hydrogen-bond donors (Lipinski definition) is 0. The summed E-state index contributed by atoms with van der Waals surface area (Å²) in [5.74, 6) is -0.149. The smallest absolute Gasteiger partial charge is 0.253 e. The minimum absolute atomic E-state index is 0.00474. The number of likely N-dealkylation sites (N-methyl/N-ethyl adjacent to an activating group) is 1. The molecule has 1 saturated heterocycles. The molecule has 6 nitrogen and oxygen atoms in total. The Morgan fingerprint density at radius 2 is 1.92 bits per heavy atom. The van der Waals surface area contributed by atoms with Crippen LogP contribution in [0.2, 0.25) is 5.02 Å². The van der Waals surface area contributed by atoms with Gasteiger partial charge in [-0.05, 0) is 45.1 Å². The van der Waals surface area contributed by atoms with E-state index in [0.29, 0.717) is 37.8 Å². The fourth-order valence-corrected chi connectivity index (χ4v) is 5.24. The Bertz CT molecular complexity index is 748. The van der Waals surface area contributed by atoms with Crippen molar-refractivity contribution in [1.29, 1.82) is 0 Å². The van der Waals surface area contributed by atoms with Gasteiger partial charge < -0.3 is 9.80 Å². The SMILES string of the molecule is CCN(CC)S(=O)(=O)c1cc(C(=O)N2CCCC(N(C)C)C2)ccc1Cl. The molecular weight excluding hydrogens is 374 g/mol. The maximum absolute atomic E-state index is 12.9. The highest BCUT2D eigenvalue weighted by atomic mass is 35.5. The van der Waals surface area contributed by atoms with Gasteiger partial charge in [0.25, 0.3) is 5.91 Å². The van der Waals surface area contributed by atoms with Gasteiger partial charge in [-0.2, -0.15) is 4.31 Å². The first-order chi connectivity index (χ1) is 12.2. The monoisotopic (exact) mass is 401 g/mol. The molecule has 1 aromatic rings. The van der Waals surface area contributed by atoms with Crippen LogP contribution in [0.25, 0.3) is 0 Å². The third kappa shape index (κ3) is 4.39. The van der Waals surface area contributed by atoms with Gasteiger partial charge in [-0.25, -0.2) is 8.42 Å². The minimum atomic E-state index is -3.72. The molecule has 0 spiro atoms. The van der Waals surface area contributed by atoms with Crippen molar-refractivity contribution in [2.45, 2.75) is 37.6 Å². The molecule has 0 radical (unpaired) electrons. The molecule has 1 amide bonds. The van der Waals surface area contributed by atoms with E-state index >= 15 is 0 Å². The van der Waals surface area contributed by atoms with E-state index in [2.05, 4.69) is 4.90 Å². The second kappa shape index (κ2) is 8.69. The van der Waals surface area contributed by atoms with E-state index in [1.165, 1.54) is 16.4 Å². The Hall–Kier alpha value is -1.15. The molecule has 1 aliphatic rings. The fourth-order valence-electron chi connectivity index (χ4n) is 3.28. The number of carbonyl (C=O) groups excluding carboxylic acids is 1. The molecule has 1 unspecified atom stereocenters. The van der Waals surface area contributed by atoms with E-state index in [1.54, 1.807) is 24.8 Å². The Morgan fingerprint density at radius 3 is 2.50 bits per heavy atom. The van der Waals surface area contributed by atoms with E-state index in [0.717, 1.165) is 12.8 Å². The zero-order chi connectivity index (χ0) is 19.5. The van der Waals surface area contributed by atoms with Crippen molar-refractivity contribution in [3.63, 3.8) is 0 Å². The molecule has 0 aliphatic carbocycles. The molecule has 2 rings (SSSR count). The first-order valence-corrected chi connectivity index (χ1v) is 10.8. The van der Waals surface area contributed by atoms with Crippen molar-refractivity contribution in [3.8, 4) is 0 Å². The summed E-state index contributed by atoms with van der Waals surface area (Å²) in [5, 5.41) is 0.137. The standard InChI is InChI=1S/C18H28ClN3O3S/c1-5-22(6-2)26(24,25)17-12-14(9-10-16(17)19)18(23)21-11-7-8-15(13-21)20(3)4/h9-10,12,15H,5-8,11,13H2,1-4H3. The number of piperidine rings is 1. The molecule has 8 heteroatoms. The van der Waals surface area contributed by atoms with Crippen molar-refractivity contribution in [2.75, 3.05) is 40.3 Å². The van der Waals surface area contributed by atoms with Crippen molar-refractivity contribution in [2.24, 2.45) is 0 Å². The quantitative estimate of drug-likeness (QED) is 0.734. The van der Waals surface area contributed by atoms with Crippen molar-refractivity contribution in [3.05, 3.63) is 28.8 Å². The summed E-state index contributed by atoms with van der Waals surface area (Å²) in [4.78, 5) is 16.8. The summed E-state index contributed by atoms with van der Waals surface area (Å²) in [6, 6.07) is 4.83. The molecule has 1 fully saturated rings. The van der Waals surface area contributed by atoms with Crippen LogP contribution in [0.4, 0.5) is 0 Å². The van der Waals surface area contributed by atoms with Crippen molar-refractivity contribution >= 4 is 27.5 Å². The summed E-state index contributed by atoms with van der Waals surface area (Å²) >= 11 is 6.16. The van der Waals surface area contributed by atoms with Gasteiger partial charge in [0.15, 0.2) is 0 Å². The van der Waals surface area contributed by atoms with E-state index in [-0.39, 0.29) is 15.8 Å². The third-order valence-corrected chi connectivity index (χ3v) is 7.45. The number of carbonyl (C=O) groups is 1. The molecule has 1 aromatic carbocycles. The highest BCUT2D eigenvalue weighted by Gasteiger charge is 2.29. The predicted octanol–water partition coefficient (Wildman–Crippen LogP) is 2.54. The summed E-state index contributed by atoms with van der Waals surface area (Å²) in [6.45, 7) is 5.59. The second-order valence-corrected chi connectivity index (χ2v) is 9.06. The van der Waals surface area contributed by atoms with Gasteiger partial charge >= 0.3 is 0 Å². The maximum Gasteiger partial charge on any atom is 0.253 e. The van der Waals surface area contributed by atoms with E-state index < -0.39 is 10.0 Å².